The van der Waals surface area contributed by atoms with E-state index in [9.17, 15) is 4.39 Å². The lowest BCUT2D eigenvalue weighted by atomic mass is 10.1. The molecule has 24 heavy (non-hydrogen) atoms. The highest BCUT2D eigenvalue weighted by molar-refractivity contribution is 5.91. The molecule has 4 aromatic rings. The molecule has 0 saturated heterocycles. The molecule has 3 aromatic carbocycles. The van der Waals surface area contributed by atoms with E-state index in [2.05, 4.69) is 34.5 Å². The van der Waals surface area contributed by atoms with Crippen molar-refractivity contribution in [3.63, 3.8) is 0 Å². The SMILES string of the molecule is N#Cc1cc2c(C=Cc3ccc4ccccc4c3)n[nH]c2cc1F. The fourth-order valence-corrected chi connectivity index (χ4v) is 2.76. The van der Waals surface area contributed by atoms with Gasteiger partial charge in [-0.25, -0.2) is 4.39 Å². The monoisotopic (exact) mass is 313 g/mol. The first-order valence-corrected chi connectivity index (χ1v) is 7.49. The molecule has 1 aromatic heterocycles. The zero-order chi connectivity index (χ0) is 16.5. The molecule has 0 radical (unpaired) electrons. The van der Waals surface area contributed by atoms with E-state index in [4.69, 9.17) is 5.26 Å². The minimum atomic E-state index is -0.543. The maximum atomic E-state index is 13.6. The van der Waals surface area contributed by atoms with E-state index in [-0.39, 0.29) is 5.56 Å². The molecule has 0 saturated carbocycles. The van der Waals surface area contributed by atoms with Crippen LogP contribution >= 0.6 is 0 Å². The molecule has 0 spiro atoms. The molecule has 0 atom stereocenters. The molecule has 114 valence electrons. The van der Waals surface area contributed by atoms with Crippen LogP contribution < -0.4 is 0 Å². The topological polar surface area (TPSA) is 52.5 Å². The van der Waals surface area contributed by atoms with Crippen LogP contribution in [0.3, 0.4) is 0 Å². The van der Waals surface area contributed by atoms with Crippen LogP contribution in [-0.4, -0.2) is 10.2 Å². The Morgan fingerprint density at radius 1 is 1.00 bits per heavy atom. The van der Waals surface area contributed by atoms with Crippen molar-refractivity contribution in [3.8, 4) is 6.07 Å². The Morgan fingerprint density at radius 2 is 1.83 bits per heavy atom. The zero-order valence-corrected chi connectivity index (χ0v) is 12.6. The molecule has 0 unspecified atom stereocenters. The third-order valence-corrected chi connectivity index (χ3v) is 4.01. The largest absolute Gasteiger partial charge is 0.277 e. The number of aromatic nitrogens is 2. The van der Waals surface area contributed by atoms with Crippen LogP contribution in [0.4, 0.5) is 4.39 Å². The van der Waals surface area contributed by atoms with E-state index in [1.54, 1.807) is 0 Å². The molecule has 1 N–H and O–H groups in total. The predicted molar refractivity (Wildman–Crippen MR) is 93.6 cm³/mol. The van der Waals surface area contributed by atoms with E-state index >= 15 is 0 Å². The van der Waals surface area contributed by atoms with Crippen molar-refractivity contribution >= 4 is 33.8 Å². The van der Waals surface area contributed by atoms with Gasteiger partial charge in [0, 0.05) is 11.5 Å². The molecule has 4 heteroatoms. The summed E-state index contributed by atoms with van der Waals surface area (Å²) in [6.45, 7) is 0. The molecule has 3 nitrogen and oxygen atoms in total. The van der Waals surface area contributed by atoms with Crippen LogP contribution in [0.5, 0.6) is 0 Å². The van der Waals surface area contributed by atoms with Gasteiger partial charge in [-0.2, -0.15) is 10.4 Å². The van der Waals surface area contributed by atoms with Crippen molar-refractivity contribution in [1.82, 2.24) is 10.2 Å². The van der Waals surface area contributed by atoms with E-state index in [0.717, 1.165) is 10.9 Å². The number of aromatic amines is 1. The minimum Gasteiger partial charge on any atom is -0.277 e. The summed E-state index contributed by atoms with van der Waals surface area (Å²) in [6.07, 6.45) is 3.82. The normalized spacial score (nSPS) is 11.3. The van der Waals surface area contributed by atoms with Crippen molar-refractivity contribution in [2.45, 2.75) is 0 Å². The molecule has 0 bridgehead atoms. The smallest absolute Gasteiger partial charge is 0.143 e. The molecule has 0 fully saturated rings. The average molecular weight is 313 g/mol. The third-order valence-electron chi connectivity index (χ3n) is 4.01. The molecule has 4 rings (SSSR count). The summed E-state index contributed by atoms with van der Waals surface area (Å²) in [7, 11) is 0. The maximum absolute atomic E-state index is 13.6. The lowest BCUT2D eigenvalue weighted by Gasteiger charge is -1.99. The maximum Gasteiger partial charge on any atom is 0.143 e. The Kier molecular flexibility index (Phi) is 3.33. The highest BCUT2D eigenvalue weighted by Gasteiger charge is 2.09. The molecule has 0 amide bonds. The van der Waals surface area contributed by atoms with E-state index in [1.807, 2.05) is 36.4 Å². The van der Waals surface area contributed by atoms with Gasteiger partial charge in [-0.05, 0) is 34.5 Å². The van der Waals surface area contributed by atoms with Crippen molar-refractivity contribution < 1.29 is 4.39 Å². The van der Waals surface area contributed by atoms with Crippen molar-refractivity contribution in [2.24, 2.45) is 0 Å². The van der Waals surface area contributed by atoms with Gasteiger partial charge < -0.3 is 0 Å². The van der Waals surface area contributed by atoms with Crippen LogP contribution in [0.15, 0.2) is 54.6 Å². The molecule has 1 heterocycles. The van der Waals surface area contributed by atoms with Gasteiger partial charge in [-0.15, -0.1) is 0 Å². The average Bonchev–Trinajstić information content (AvgIpc) is 3.00. The predicted octanol–water partition coefficient (Wildman–Crippen LogP) is 4.90. The molecular weight excluding hydrogens is 301 g/mol. The van der Waals surface area contributed by atoms with Gasteiger partial charge in [0.05, 0.1) is 16.8 Å². The van der Waals surface area contributed by atoms with Crippen LogP contribution in [0, 0.1) is 17.1 Å². The Balaban J connectivity index is 1.75. The Morgan fingerprint density at radius 3 is 2.67 bits per heavy atom. The van der Waals surface area contributed by atoms with Gasteiger partial charge >= 0.3 is 0 Å². The molecule has 0 aliphatic carbocycles. The summed E-state index contributed by atoms with van der Waals surface area (Å²) in [6, 6.07) is 19.0. The number of halogens is 1. The lowest BCUT2D eigenvalue weighted by Crippen LogP contribution is -1.83. The number of H-pyrrole nitrogens is 1. The Hall–Kier alpha value is -3.45. The number of nitrogens with one attached hydrogen (secondary N) is 1. The van der Waals surface area contributed by atoms with Crippen LogP contribution in [0.2, 0.25) is 0 Å². The summed E-state index contributed by atoms with van der Waals surface area (Å²) in [4.78, 5) is 0. The van der Waals surface area contributed by atoms with E-state index < -0.39 is 5.82 Å². The molecule has 0 aliphatic rings. The van der Waals surface area contributed by atoms with Gasteiger partial charge in [-0.3, -0.25) is 5.10 Å². The van der Waals surface area contributed by atoms with Gasteiger partial charge in [0.15, 0.2) is 0 Å². The van der Waals surface area contributed by atoms with Crippen LogP contribution in [0.1, 0.15) is 16.8 Å². The zero-order valence-electron chi connectivity index (χ0n) is 12.6. The van der Waals surface area contributed by atoms with Gasteiger partial charge in [0.25, 0.3) is 0 Å². The molecular formula is C20H12FN3. The fourth-order valence-electron chi connectivity index (χ4n) is 2.76. The summed E-state index contributed by atoms with van der Waals surface area (Å²) >= 11 is 0. The summed E-state index contributed by atoms with van der Waals surface area (Å²) in [5, 5.41) is 19.1. The summed E-state index contributed by atoms with van der Waals surface area (Å²) in [5.41, 5.74) is 2.32. The number of nitrogens with zero attached hydrogens (tertiary/aromatic N) is 2. The first-order chi connectivity index (χ1) is 11.7. The second-order valence-electron chi connectivity index (χ2n) is 5.54. The van der Waals surface area contributed by atoms with Crippen LogP contribution in [0.25, 0.3) is 33.8 Å². The first-order valence-electron chi connectivity index (χ1n) is 7.49. The number of fused-ring (bicyclic) bond motifs is 2. The highest BCUT2D eigenvalue weighted by atomic mass is 19.1. The van der Waals surface area contributed by atoms with Crippen LogP contribution in [-0.2, 0) is 0 Å². The first kappa shape index (κ1) is 14.2. The lowest BCUT2D eigenvalue weighted by molar-refractivity contribution is 0.625. The molecule has 0 aliphatic heterocycles. The highest BCUT2D eigenvalue weighted by Crippen LogP contribution is 2.22. The summed E-state index contributed by atoms with van der Waals surface area (Å²) in [5.74, 6) is -0.543. The standard InChI is InChI=1S/C20H12FN3/c21-18-11-20-17(10-16(18)12-22)19(23-24-20)8-6-13-5-7-14-3-1-2-4-15(14)9-13/h1-11H,(H,23,24). The number of hydrogen-bond donors (Lipinski definition) is 1. The van der Waals surface area contributed by atoms with E-state index in [1.165, 1.54) is 22.9 Å². The fraction of sp³-hybridized carbons (Fsp3) is 0. The Labute approximate surface area is 137 Å². The van der Waals surface area contributed by atoms with Gasteiger partial charge in [0.2, 0.25) is 0 Å². The van der Waals surface area contributed by atoms with Crippen molar-refractivity contribution in [3.05, 3.63) is 77.2 Å². The second-order valence-corrected chi connectivity index (χ2v) is 5.54. The third kappa shape index (κ3) is 2.42. The van der Waals surface area contributed by atoms with Gasteiger partial charge in [-0.1, -0.05) is 42.5 Å². The Bertz CT molecular complexity index is 1130. The number of benzene rings is 3. The quantitative estimate of drug-likeness (QED) is 0.572. The van der Waals surface area contributed by atoms with Gasteiger partial charge in [0.1, 0.15) is 11.9 Å². The number of nitriles is 1. The van der Waals surface area contributed by atoms with E-state index in [0.29, 0.717) is 11.2 Å². The number of hydrogen-bond acceptors (Lipinski definition) is 2. The van der Waals surface area contributed by atoms with Crippen molar-refractivity contribution in [2.75, 3.05) is 0 Å². The summed E-state index contributed by atoms with van der Waals surface area (Å²) < 4.78 is 13.6. The number of rotatable bonds is 2. The minimum absolute atomic E-state index is 0.0178. The second kappa shape index (κ2) is 5.64. The van der Waals surface area contributed by atoms with Crippen molar-refractivity contribution in [1.29, 1.82) is 5.26 Å².